The molecule has 10 nitrogen and oxygen atoms in total. The lowest BCUT2D eigenvalue weighted by Gasteiger charge is -2.47. The number of anilines is 1. The minimum Gasteiger partial charge on any atom is -0.369 e. The maximum Gasteiger partial charge on any atom is 0.229 e. The van der Waals surface area contributed by atoms with Crippen LogP contribution in [-0.2, 0) is 19.2 Å². The summed E-state index contributed by atoms with van der Waals surface area (Å²) in [4.78, 5) is 51.7. The summed E-state index contributed by atoms with van der Waals surface area (Å²) >= 11 is 12.0. The van der Waals surface area contributed by atoms with E-state index in [4.69, 9.17) is 28.9 Å². The molecule has 4 unspecified atom stereocenters. The van der Waals surface area contributed by atoms with Gasteiger partial charge in [-0.15, -0.1) is 0 Å². The van der Waals surface area contributed by atoms with Crippen LogP contribution in [0.1, 0.15) is 19.3 Å². The van der Waals surface area contributed by atoms with Crippen LogP contribution in [0.4, 0.5) is 5.69 Å². The van der Waals surface area contributed by atoms with Gasteiger partial charge in [-0.1, -0.05) is 23.2 Å². The molecule has 1 aromatic rings. The second kappa shape index (κ2) is 9.22. The van der Waals surface area contributed by atoms with Gasteiger partial charge in [0.2, 0.25) is 23.6 Å². The first kappa shape index (κ1) is 22.8. The zero-order valence-electron chi connectivity index (χ0n) is 17.1. The summed E-state index contributed by atoms with van der Waals surface area (Å²) in [6.45, 7) is 1.13. The molecule has 0 saturated carbocycles. The molecular formula is C20H24Cl2N6O4. The highest BCUT2D eigenvalue weighted by Crippen LogP contribution is 2.30. The number of fused-ring (bicyclic) bond motifs is 1. The van der Waals surface area contributed by atoms with Crippen molar-refractivity contribution >= 4 is 52.5 Å². The van der Waals surface area contributed by atoms with Crippen LogP contribution in [-0.4, -0.2) is 54.1 Å². The van der Waals surface area contributed by atoms with Gasteiger partial charge in [0.15, 0.2) is 0 Å². The van der Waals surface area contributed by atoms with Gasteiger partial charge in [0.1, 0.15) is 6.29 Å². The minimum atomic E-state index is -0.874. The lowest BCUT2D eigenvalue weighted by atomic mass is 9.81. The van der Waals surface area contributed by atoms with Crippen LogP contribution in [0.2, 0.25) is 10.0 Å². The van der Waals surface area contributed by atoms with Crippen molar-refractivity contribution in [1.29, 1.82) is 0 Å². The molecule has 3 fully saturated rings. The SMILES string of the molecule is NC(=O)C1CCN(C2NC(=O)C3C(NC(=O)CC3C(=O)Nc3cc(Cl)cc(Cl)c3)N2)CC1. The Bertz CT molecular complexity index is 932. The molecule has 3 aliphatic heterocycles. The van der Waals surface area contributed by atoms with Gasteiger partial charge in [0.05, 0.1) is 18.0 Å². The van der Waals surface area contributed by atoms with Crippen molar-refractivity contribution in [2.24, 2.45) is 23.5 Å². The van der Waals surface area contributed by atoms with Gasteiger partial charge in [-0.25, -0.2) is 0 Å². The standard InChI is InChI=1S/C20H24Cl2N6O4/c21-10-5-11(22)7-12(6-10)24-18(31)13-8-14(29)25-17-15(13)19(32)27-20(26-17)28-3-1-9(2-4-28)16(23)30/h5-7,9,13,15,17,20,26H,1-4,8H2,(H2,23,30)(H,24,31)(H,25,29)(H,27,32). The number of hydrogen-bond acceptors (Lipinski definition) is 6. The summed E-state index contributed by atoms with van der Waals surface area (Å²) in [5.41, 5.74) is 5.77. The van der Waals surface area contributed by atoms with E-state index in [1.165, 1.54) is 18.2 Å². The second-order valence-electron chi connectivity index (χ2n) is 8.32. The first-order valence-electron chi connectivity index (χ1n) is 10.4. The molecule has 4 atom stereocenters. The quantitative estimate of drug-likeness (QED) is 0.414. The molecule has 0 spiro atoms. The zero-order chi connectivity index (χ0) is 23.0. The number of hydrogen-bond donors (Lipinski definition) is 5. The number of carbonyl (C=O) groups is 4. The molecule has 6 N–H and O–H groups in total. The number of piperidine rings is 2. The number of primary amides is 1. The fourth-order valence-electron chi connectivity index (χ4n) is 4.56. The topological polar surface area (TPSA) is 146 Å². The summed E-state index contributed by atoms with van der Waals surface area (Å²) in [6.07, 6.45) is -0.159. The van der Waals surface area contributed by atoms with E-state index in [1.54, 1.807) is 0 Å². The first-order valence-corrected chi connectivity index (χ1v) is 11.1. The Morgan fingerprint density at radius 2 is 1.72 bits per heavy atom. The van der Waals surface area contributed by atoms with E-state index >= 15 is 0 Å². The Labute approximate surface area is 194 Å². The molecule has 0 aliphatic carbocycles. The molecule has 4 rings (SSSR count). The highest BCUT2D eigenvalue weighted by Gasteiger charge is 2.49. The van der Waals surface area contributed by atoms with Crippen LogP contribution in [0.25, 0.3) is 0 Å². The molecule has 4 amide bonds. The minimum absolute atomic E-state index is 0.120. The Morgan fingerprint density at radius 3 is 2.34 bits per heavy atom. The number of amides is 4. The van der Waals surface area contributed by atoms with E-state index in [1.807, 2.05) is 4.90 Å². The van der Waals surface area contributed by atoms with E-state index in [9.17, 15) is 19.2 Å². The van der Waals surface area contributed by atoms with E-state index in [0.717, 1.165) is 0 Å². The summed E-state index contributed by atoms with van der Waals surface area (Å²) in [5.74, 6) is -3.29. The van der Waals surface area contributed by atoms with Crippen LogP contribution in [0, 0.1) is 17.8 Å². The van der Waals surface area contributed by atoms with E-state index < -0.39 is 30.2 Å². The molecule has 172 valence electrons. The van der Waals surface area contributed by atoms with Crippen LogP contribution < -0.4 is 27.0 Å². The number of carbonyl (C=O) groups excluding carboxylic acids is 4. The van der Waals surface area contributed by atoms with Crippen molar-refractivity contribution in [3.8, 4) is 0 Å². The molecule has 32 heavy (non-hydrogen) atoms. The van der Waals surface area contributed by atoms with Crippen LogP contribution in [0.15, 0.2) is 18.2 Å². The molecule has 1 aromatic carbocycles. The summed E-state index contributed by atoms with van der Waals surface area (Å²) in [6, 6.07) is 4.61. The van der Waals surface area contributed by atoms with Crippen LogP contribution >= 0.6 is 23.2 Å². The molecule has 3 aliphatic rings. The second-order valence-corrected chi connectivity index (χ2v) is 9.19. The normalized spacial score (nSPS) is 28.9. The Kier molecular flexibility index (Phi) is 6.57. The summed E-state index contributed by atoms with van der Waals surface area (Å²) < 4.78 is 0. The van der Waals surface area contributed by atoms with Gasteiger partial charge in [0.25, 0.3) is 0 Å². The van der Waals surface area contributed by atoms with Gasteiger partial charge in [-0.3, -0.25) is 29.4 Å². The summed E-state index contributed by atoms with van der Waals surface area (Å²) in [7, 11) is 0. The highest BCUT2D eigenvalue weighted by atomic mass is 35.5. The third-order valence-corrected chi connectivity index (χ3v) is 6.63. The Balaban J connectivity index is 1.45. The third kappa shape index (κ3) is 4.83. The molecule has 0 aromatic heterocycles. The number of nitrogens with one attached hydrogen (secondary N) is 4. The summed E-state index contributed by atoms with van der Waals surface area (Å²) in [5, 5.41) is 12.3. The predicted molar refractivity (Wildman–Crippen MR) is 117 cm³/mol. The van der Waals surface area contributed by atoms with Crippen molar-refractivity contribution in [3.05, 3.63) is 28.2 Å². The number of likely N-dealkylation sites (tertiary alicyclic amines) is 1. The molecule has 12 heteroatoms. The van der Waals surface area contributed by atoms with Gasteiger partial charge in [-0.2, -0.15) is 0 Å². The fraction of sp³-hybridized carbons (Fsp3) is 0.500. The molecular weight excluding hydrogens is 459 g/mol. The average Bonchev–Trinajstić information content (AvgIpc) is 2.72. The number of nitrogens with two attached hydrogens (primary N) is 1. The van der Waals surface area contributed by atoms with Crippen molar-refractivity contribution in [3.63, 3.8) is 0 Å². The van der Waals surface area contributed by atoms with Crippen molar-refractivity contribution in [2.45, 2.75) is 31.7 Å². The number of rotatable bonds is 4. The molecule has 0 radical (unpaired) electrons. The van der Waals surface area contributed by atoms with Crippen LogP contribution in [0.3, 0.4) is 0 Å². The first-order chi connectivity index (χ1) is 15.2. The number of nitrogens with zero attached hydrogens (tertiary/aromatic N) is 1. The number of halogens is 2. The van der Waals surface area contributed by atoms with Gasteiger partial charge in [-0.05, 0) is 31.0 Å². The zero-order valence-corrected chi connectivity index (χ0v) is 18.6. The monoisotopic (exact) mass is 482 g/mol. The Hall–Kier alpha value is -2.40. The van der Waals surface area contributed by atoms with E-state index in [-0.39, 0.29) is 30.1 Å². The van der Waals surface area contributed by atoms with Gasteiger partial charge >= 0.3 is 0 Å². The molecule has 3 heterocycles. The lowest BCUT2D eigenvalue weighted by molar-refractivity contribution is -0.148. The smallest absolute Gasteiger partial charge is 0.229 e. The average molecular weight is 483 g/mol. The maximum absolute atomic E-state index is 13.0. The van der Waals surface area contributed by atoms with Gasteiger partial charge in [0, 0.05) is 41.2 Å². The van der Waals surface area contributed by atoms with Gasteiger partial charge < -0.3 is 21.7 Å². The third-order valence-electron chi connectivity index (χ3n) is 6.20. The number of benzene rings is 1. The predicted octanol–water partition coefficient (Wildman–Crippen LogP) is 0.211. The lowest BCUT2D eigenvalue weighted by Crippen LogP contribution is -2.74. The highest BCUT2D eigenvalue weighted by molar-refractivity contribution is 6.35. The van der Waals surface area contributed by atoms with Crippen LogP contribution in [0.5, 0.6) is 0 Å². The van der Waals surface area contributed by atoms with E-state index in [0.29, 0.717) is 41.7 Å². The fourth-order valence-corrected chi connectivity index (χ4v) is 5.08. The van der Waals surface area contributed by atoms with Crippen molar-refractivity contribution in [1.82, 2.24) is 20.9 Å². The largest absolute Gasteiger partial charge is 0.369 e. The van der Waals surface area contributed by atoms with Crippen molar-refractivity contribution in [2.75, 3.05) is 18.4 Å². The van der Waals surface area contributed by atoms with Crippen molar-refractivity contribution < 1.29 is 19.2 Å². The maximum atomic E-state index is 13.0. The Morgan fingerprint density at radius 1 is 1.06 bits per heavy atom. The van der Waals surface area contributed by atoms with E-state index in [2.05, 4.69) is 21.3 Å². The molecule has 3 saturated heterocycles. The molecule has 0 bridgehead atoms.